The Bertz CT molecular complexity index is 964. The molecular formula is C19H21N3O3. The van der Waals surface area contributed by atoms with Crippen molar-refractivity contribution in [2.75, 3.05) is 14.1 Å². The summed E-state index contributed by atoms with van der Waals surface area (Å²) < 4.78 is 5.37. The van der Waals surface area contributed by atoms with Crippen LogP contribution in [-0.4, -0.2) is 40.8 Å². The summed E-state index contributed by atoms with van der Waals surface area (Å²) in [5.74, 6) is -0.382. The zero-order chi connectivity index (χ0) is 18.3. The number of carbonyl (C=O) groups is 2. The molecule has 0 saturated heterocycles. The van der Waals surface area contributed by atoms with E-state index in [0.717, 1.165) is 16.8 Å². The molecule has 0 aliphatic rings. The summed E-state index contributed by atoms with van der Waals surface area (Å²) in [6.45, 7) is 5.83. The lowest BCUT2D eigenvalue weighted by molar-refractivity contribution is -0.124. The molecule has 25 heavy (non-hydrogen) atoms. The maximum Gasteiger partial charge on any atom is 0.294 e. The molecule has 0 radical (unpaired) electrons. The van der Waals surface area contributed by atoms with Crippen molar-refractivity contribution in [3.63, 3.8) is 0 Å². The van der Waals surface area contributed by atoms with E-state index < -0.39 is 11.7 Å². The van der Waals surface area contributed by atoms with Crippen molar-refractivity contribution >= 4 is 22.6 Å². The van der Waals surface area contributed by atoms with Crippen molar-refractivity contribution in [1.29, 1.82) is 0 Å². The molecule has 3 rings (SSSR count). The molecule has 0 unspecified atom stereocenters. The van der Waals surface area contributed by atoms with Gasteiger partial charge in [-0.15, -0.1) is 0 Å². The van der Waals surface area contributed by atoms with Gasteiger partial charge in [-0.2, -0.15) is 0 Å². The lowest BCUT2D eigenvalue weighted by atomic mass is 9.96. The number of nitrogens with one attached hydrogen (secondary N) is 1. The zero-order valence-corrected chi connectivity index (χ0v) is 15.0. The van der Waals surface area contributed by atoms with E-state index in [1.54, 1.807) is 14.1 Å². The number of aromatic amines is 1. The maximum absolute atomic E-state index is 12.9. The monoisotopic (exact) mass is 339 g/mol. The minimum atomic E-state index is -0.564. The van der Waals surface area contributed by atoms with Crippen molar-refractivity contribution in [1.82, 2.24) is 15.0 Å². The minimum absolute atomic E-state index is 0.117. The molecule has 0 saturated carbocycles. The fourth-order valence-corrected chi connectivity index (χ4v) is 2.96. The third kappa shape index (κ3) is 2.73. The average Bonchev–Trinajstić information content (AvgIpc) is 3.13. The molecule has 1 aromatic carbocycles. The van der Waals surface area contributed by atoms with Gasteiger partial charge in [0.15, 0.2) is 0 Å². The number of carbonyl (C=O) groups excluding carboxylic acids is 2. The van der Waals surface area contributed by atoms with Gasteiger partial charge in [-0.1, -0.05) is 37.2 Å². The molecule has 130 valence electrons. The fraction of sp³-hybridized carbons (Fsp3) is 0.316. The number of aryl methyl sites for hydroxylation is 1. The summed E-state index contributed by atoms with van der Waals surface area (Å²) >= 11 is 0. The quantitative estimate of drug-likeness (QED) is 0.582. The molecule has 1 N–H and O–H groups in total. The normalized spacial score (nSPS) is 11.3. The number of Topliss-reactive ketones (excluding diaryl/α,β-unsaturated/α-hetero) is 1. The number of likely N-dealkylation sites (N-methyl/N-ethyl adjacent to an activating group) is 1. The highest BCUT2D eigenvalue weighted by molar-refractivity contribution is 6.46. The molecule has 6 heteroatoms. The predicted molar refractivity (Wildman–Crippen MR) is 95.6 cm³/mol. The first-order chi connectivity index (χ1) is 11.8. The van der Waals surface area contributed by atoms with Crippen molar-refractivity contribution in [3.8, 4) is 11.3 Å². The van der Waals surface area contributed by atoms with E-state index in [9.17, 15) is 9.59 Å². The number of nitrogens with zero attached hydrogens (tertiary/aromatic N) is 2. The lowest BCUT2D eigenvalue weighted by Gasteiger charge is -2.10. The van der Waals surface area contributed by atoms with Gasteiger partial charge in [-0.05, 0) is 18.9 Å². The van der Waals surface area contributed by atoms with Gasteiger partial charge in [-0.25, -0.2) is 0 Å². The first-order valence-electron chi connectivity index (χ1n) is 8.16. The highest BCUT2D eigenvalue weighted by atomic mass is 16.5. The third-order valence-electron chi connectivity index (χ3n) is 4.22. The fourth-order valence-electron chi connectivity index (χ4n) is 2.96. The maximum atomic E-state index is 12.9. The van der Waals surface area contributed by atoms with Gasteiger partial charge in [0.1, 0.15) is 5.76 Å². The first-order valence-corrected chi connectivity index (χ1v) is 8.16. The second-order valence-corrected chi connectivity index (χ2v) is 6.60. The van der Waals surface area contributed by atoms with Gasteiger partial charge in [0.05, 0.1) is 22.5 Å². The average molecular weight is 339 g/mol. The van der Waals surface area contributed by atoms with Crippen molar-refractivity contribution < 1.29 is 14.1 Å². The molecule has 0 fully saturated rings. The number of hydrogen-bond acceptors (Lipinski definition) is 4. The molecule has 0 bridgehead atoms. The van der Waals surface area contributed by atoms with Crippen LogP contribution in [0.5, 0.6) is 0 Å². The molecule has 0 aliphatic carbocycles. The van der Waals surface area contributed by atoms with E-state index in [1.807, 2.05) is 45.0 Å². The van der Waals surface area contributed by atoms with Crippen molar-refractivity contribution in [2.45, 2.75) is 26.7 Å². The third-order valence-corrected chi connectivity index (χ3v) is 4.22. The number of fused-ring (bicyclic) bond motifs is 1. The van der Waals surface area contributed by atoms with Crippen LogP contribution in [0.25, 0.3) is 22.2 Å². The Morgan fingerprint density at radius 2 is 1.88 bits per heavy atom. The van der Waals surface area contributed by atoms with E-state index in [4.69, 9.17) is 4.52 Å². The first kappa shape index (κ1) is 17.0. The Kier molecular flexibility index (Phi) is 4.20. The van der Waals surface area contributed by atoms with Crippen molar-refractivity contribution in [2.24, 2.45) is 0 Å². The molecule has 0 aliphatic heterocycles. The highest BCUT2D eigenvalue weighted by Gasteiger charge is 2.29. The van der Waals surface area contributed by atoms with Gasteiger partial charge in [0.2, 0.25) is 0 Å². The van der Waals surface area contributed by atoms with Crippen LogP contribution in [0.15, 0.2) is 28.8 Å². The smallest absolute Gasteiger partial charge is 0.294 e. The number of aromatic nitrogens is 2. The number of amides is 1. The number of ketones is 1. The molecule has 1 amide bonds. The molecule has 0 spiro atoms. The number of rotatable bonds is 4. The molecular weight excluding hydrogens is 318 g/mol. The Balaban J connectivity index is 2.33. The molecule has 3 aromatic rings. The van der Waals surface area contributed by atoms with E-state index in [2.05, 4.69) is 10.1 Å². The number of H-pyrrole nitrogens is 1. The Hall–Kier alpha value is -2.89. The van der Waals surface area contributed by atoms with Crippen LogP contribution >= 0.6 is 0 Å². The summed E-state index contributed by atoms with van der Waals surface area (Å²) in [6.07, 6.45) is 0. The molecule has 2 aromatic heterocycles. The summed E-state index contributed by atoms with van der Waals surface area (Å²) in [7, 11) is 3.14. The number of benzene rings is 1. The van der Waals surface area contributed by atoms with Crippen LogP contribution in [0, 0.1) is 6.92 Å². The highest BCUT2D eigenvalue weighted by Crippen LogP contribution is 2.37. The van der Waals surface area contributed by atoms with Crippen LogP contribution in [-0.2, 0) is 4.79 Å². The number of para-hydroxylation sites is 1. The van der Waals surface area contributed by atoms with Crippen LogP contribution < -0.4 is 0 Å². The van der Waals surface area contributed by atoms with Crippen LogP contribution in [0.4, 0.5) is 0 Å². The van der Waals surface area contributed by atoms with Gasteiger partial charge in [0.25, 0.3) is 11.7 Å². The Morgan fingerprint density at radius 3 is 2.52 bits per heavy atom. The number of hydrogen-bond donors (Lipinski definition) is 1. The van der Waals surface area contributed by atoms with E-state index in [-0.39, 0.29) is 5.92 Å². The summed E-state index contributed by atoms with van der Waals surface area (Å²) in [4.78, 5) is 29.8. The molecule has 6 nitrogen and oxygen atoms in total. The Morgan fingerprint density at radius 1 is 1.20 bits per heavy atom. The minimum Gasteiger partial charge on any atom is -0.361 e. The summed E-state index contributed by atoms with van der Waals surface area (Å²) in [5.41, 5.74) is 3.26. The lowest BCUT2D eigenvalue weighted by Crippen LogP contribution is -2.30. The predicted octanol–water partition coefficient (Wildman–Crippen LogP) is 3.53. The second-order valence-electron chi connectivity index (χ2n) is 6.60. The molecule has 0 atom stereocenters. The van der Waals surface area contributed by atoms with E-state index in [1.165, 1.54) is 4.90 Å². The SMILES string of the molecule is Cc1onc(C(C)C)c1-c1[nH]c2ccccc2c1C(=O)C(=O)N(C)C. The zero-order valence-electron chi connectivity index (χ0n) is 15.0. The molecule has 2 heterocycles. The summed E-state index contributed by atoms with van der Waals surface area (Å²) in [5, 5.41) is 4.86. The Labute approximate surface area is 145 Å². The largest absolute Gasteiger partial charge is 0.361 e. The van der Waals surface area contributed by atoms with Crippen LogP contribution in [0.1, 0.15) is 41.6 Å². The van der Waals surface area contributed by atoms with Crippen LogP contribution in [0.2, 0.25) is 0 Å². The van der Waals surface area contributed by atoms with E-state index in [0.29, 0.717) is 22.4 Å². The van der Waals surface area contributed by atoms with Gasteiger partial charge in [-0.3, -0.25) is 9.59 Å². The summed E-state index contributed by atoms with van der Waals surface area (Å²) in [6, 6.07) is 7.45. The van der Waals surface area contributed by atoms with Crippen molar-refractivity contribution in [3.05, 3.63) is 41.3 Å². The van der Waals surface area contributed by atoms with Gasteiger partial charge >= 0.3 is 0 Å². The standard InChI is InChI=1S/C19H21N3O3/c1-10(2)16-14(11(3)25-21-16)17-15(18(23)19(24)22(4)5)12-8-6-7-9-13(12)20-17/h6-10,20H,1-5H3. The second kappa shape index (κ2) is 6.20. The van der Waals surface area contributed by atoms with E-state index >= 15 is 0 Å². The topological polar surface area (TPSA) is 79.2 Å². The van der Waals surface area contributed by atoms with Crippen LogP contribution in [0.3, 0.4) is 0 Å². The van der Waals surface area contributed by atoms with Gasteiger partial charge < -0.3 is 14.4 Å². The van der Waals surface area contributed by atoms with Gasteiger partial charge in [0, 0.05) is 25.0 Å².